The summed E-state index contributed by atoms with van der Waals surface area (Å²) < 4.78 is 60.9. The fourth-order valence-corrected chi connectivity index (χ4v) is 8.24. The number of fused-ring (bicyclic) bond motifs is 2. The van der Waals surface area contributed by atoms with E-state index in [2.05, 4.69) is 98.4 Å². The average Bonchev–Trinajstić information content (AvgIpc) is 3.87. The van der Waals surface area contributed by atoms with Crippen molar-refractivity contribution in [2.24, 2.45) is 11.5 Å². The molecule has 61 heavy (non-hydrogen) atoms. The van der Waals surface area contributed by atoms with E-state index in [-0.39, 0.29) is 12.4 Å². The number of primary amides is 2. The predicted octanol–water partition coefficient (Wildman–Crippen LogP) is 10.8. The fraction of sp³-hybridized carbons (Fsp3) is 0.130. The molecule has 0 aliphatic carbocycles. The second-order valence-electron chi connectivity index (χ2n) is 13.4. The third-order valence-corrected chi connectivity index (χ3v) is 12.1. The van der Waals surface area contributed by atoms with Gasteiger partial charge in [0.15, 0.2) is 23.1 Å². The number of amides is 2. The molecule has 0 saturated heterocycles. The van der Waals surface area contributed by atoms with Crippen molar-refractivity contribution >= 4 is 70.9 Å². The van der Waals surface area contributed by atoms with Crippen LogP contribution in [0.1, 0.15) is 53.0 Å². The van der Waals surface area contributed by atoms with Crippen LogP contribution in [0.4, 0.5) is 17.6 Å². The van der Waals surface area contributed by atoms with Gasteiger partial charge in [-0.2, -0.15) is 0 Å². The second-order valence-corrected chi connectivity index (χ2v) is 16.2. The van der Waals surface area contributed by atoms with Crippen molar-refractivity contribution in [1.29, 1.82) is 0 Å². The number of thiazole rings is 2. The molecule has 0 saturated carbocycles. The predicted molar refractivity (Wildman–Crippen MR) is 235 cm³/mol. The molecular weight excluding hydrogens is 893 g/mol. The lowest BCUT2D eigenvalue weighted by atomic mass is 10.0. The van der Waals surface area contributed by atoms with Crippen LogP contribution in [0.25, 0.3) is 20.4 Å². The van der Waals surface area contributed by atoms with Crippen molar-refractivity contribution in [2.45, 2.75) is 37.6 Å². The highest BCUT2D eigenvalue weighted by atomic mass is 79.9. The van der Waals surface area contributed by atoms with Gasteiger partial charge in [0.05, 0.1) is 25.8 Å². The largest absolute Gasteiger partial charge is 0.505 e. The summed E-state index contributed by atoms with van der Waals surface area (Å²) in [5.74, 6) is -8.01. The Morgan fingerprint density at radius 3 is 1.54 bits per heavy atom. The molecule has 2 aromatic heterocycles. The third kappa shape index (κ3) is 11.8. The van der Waals surface area contributed by atoms with E-state index in [0.29, 0.717) is 5.01 Å². The zero-order valence-electron chi connectivity index (χ0n) is 32.2. The molecule has 8 rings (SSSR count). The van der Waals surface area contributed by atoms with Gasteiger partial charge in [-0.25, -0.2) is 27.5 Å². The summed E-state index contributed by atoms with van der Waals surface area (Å²) in [5.41, 5.74) is 15.2. The van der Waals surface area contributed by atoms with Crippen LogP contribution in [0, 0.1) is 23.3 Å². The number of alkyl halides is 1. The molecular formula is C46H37BrF4N4O4S2. The van der Waals surface area contributed by atoms with Crippen molar-refractivity contribution in [2.75, 3.05) is 0 Å². The van der Waals surface area contributed by atoms with Gasteiger partial charge in [0.2, 0.25) is 0 Å². The number of nitrogens with zero attached hydrogens (tertiary/aromatic N) is 2. The number of phenols is 1. The Balaban J connectivity index is 0.000000171. The molecule has 0 radical (unpaired) electrons. The first-order valence-corrected chi connectivity index (χ1v) is 21.4. The van der Waals surface area contributed by atoms with Crippen molar-refractivity contribution in [1.82, 2.24) is 9.97 Å². The van der Waals surface area contributed by atoms with Crippen molar-refractivity contribution in [3.8, 4) is 11.5 Å². The number of nitrogens with two attached hydrogens (primary N) is 2. The highest BCUT2D eigenvalue weighted by Gasteiger charge is 2.20. The summed E-state index contributed by atoms with van der Waals surface area (Å²) in [7, 11) is 0. The van der Waals surface area contributed by atoms with E-state index in [9.17, 15) is 27.2 Å². The Bertz CT molecular complexity index is 2790. The molecule has 2 heterocycles. The van der Waals surface area contributed by atoms with Gasteiger partial charge in [-0.15, -0.1) is 22.7 Å². The summed E-state index contributed by atoms with van der Waals surface area (Å²) in [6, 6.07) is 37.3. The molecule has 0 aliphatic rings. The van der Waals surface area contributed by atoms with E-state index < -0.39 is 52.0 Å². The van der Waals surface area contributed by atoms with Crippen LogP contribution < -0.4 is 16.2 Å². The van der Waals surface area contributed by atoms with Gasteiger partial charge >= 0.3 is 0 Å². The van der Waals surface area contributed by atoms with E-state index in [4.69, 9.17) is 15.6 Å². The van der Waals surface area contributed by atoms with Crippen molar-refractivity contribution < 1.29 is 37.0 Å². The number of aryl methyl sites for hydroxylation is 4. The molecule has 2 amide bonds. The monoisotopic (exact) mass is 928 g/mol. The number of phenolic OH excluding ortho intramolecular Hbond substituents is 1. The van der Waals surface area contributed by atoms with Crippen LogP contribution in [0.2, 0.25) is 0 Å². The van der Waals surface area contributed by atoms with Crippen LogP contribution in [-0.2, 0) is 37.6 Å². The molecule has 6 aromatic carbocycles. The zero-order valence-corrected chi connectivity index (χ0v) is 35.4. The normalized spacial score (nSPS) is 10.8. The molecule has 0 atom stereocenters. The molecule has 8 nitrogen and oxygen atoms in total. The number of carbonyl (C=O) groups excluding carboxylic acids is 2. The van der Waals surface area contributed by atoms with Gasteiger partial charge in [-0.3, -0.25) is 9.59 Å². The van der Waals surface area contributed by atoms with E-state index in [1.165, 1.54) is 38.3 Å². The summed E-state index contributed by atoms with van der Waals surface area (Å²) >= 11 is 6.66. The number of carbonyl (C=O) groups is 2. The minimum Gasteiger partial charge on any atom is -0.505 e. The van der Waals surface area contributed by atoms with Crippen LogP contribution in [0.15, 0.2) is 121 Å². The quantitative estimate of drug-likeness (QED) is 0.0823. The minimum absolute atomic E-state index is 0.000546. The standard InChI is InChI=1S/C23H18F2N2O2S.C16H14BrNS.C7H5F2NO2/c24-16-9-10-18(22(25)21(16)23(26)28)29-13-20-27-17-12-15(8-11-19(17)30-20)7-6-14-4-2-1-3-5-14;17-11-16-18-14-10-13(8-9-15(14)19-16)7-6-12-4-2-1-3-5-12;8-3-1-2-4(11)6(9)5(3)7(10)12/h1-5,8-12H,6-7,13H2,(H2,26,28);1-5,8-10H,6-7,11H2;1-2,11H,(H2,10,12). The van der Waals surface area contributed by atoms with Gasteiger partial charge in [0, 0.05) is 0 Å². The van der Waals surface area contributed by atoms with Crippen molar-refractivity contribution in [3.05, 3.63) is 188 Å². The van der Waals surface area contributed by atoms with E-state index in [0.717, 1.165) is 76.0 Å². The summed E-state index contributed by atoms with van der Waals surface area (Å²) in [6.07, 6.45) is 4.00. The maximum absolute atomic E-state index is 14.3. The molecule has 8 aromatic rings. The summed E-state index contributed by atoms with van der Waals surface area (Å²) in [4.78, 5) is 30.8. The van der Waals surface area contributed by atoms with E-state index in [1.54, 1.807) is 11.3 Å². The Hall–Kier alpha value is -6.16. The number of aromatic nitrogens is 2. The summed E-state index contributed by atoms with van der Waals surface area (Å²) in [6.45, 7) is -0.000546. The van der Waals surface area contributed by atoms with Gasteiger partial charge < -0.3 is 21.3 Å². The number of ether oxygens (including phenoxy) is 1. The van der Waals surface area contributed by atoms with Gasteiger partial charge in [0.1, 0.15) is 39.4 Å². The fourth-order valence-electron chi connectivity index (χ4n) is 6.12. The van der Waals surface area contributed by atoms with Crippen LogP contribution in [-0.4, -0.2) is 26.9 Å². The lowest BCUT2D eigenvalue weighted by Crippen LogP contribution is -2.16. The topological polar surface area (TPSA) is 141 Å². The van der Waals surface area contributed by atoms with Crippen LogP contribution in [0.3, 0.4) is 0 Å². The molecule has 5 N–H and O–H groups in total. The number of halogens is 5. The van der Waals surface area contributed by atoms with Gasteiger partial charge in [0.25, 0.3) is 11.8 Å². The first kappa shape index (κ1) is 44.4. The number of hydrogen-bond donors (Lipinski definition) is 3. The van der Waals surface area contributed by atoms with Crippen molar-refractivity contribution in [3.63, 3.8) is 0 Å². The molecule has 0 spiro atoms. The highest BCUT2D eigenvalue weighted by molar-refractivity contribution is 9.08. The second kappa shape index (κ2) is 20.9. The molecule has 0 aliphatic heterocycles. The Labute approximate surface area is 364 Å². The van der Waals surface area contributed by atoms with Gasteiger partial charge in [-0.05, 0) is 96.5 Å². The van der Waals surface area contributed by atoms with E-state index in [1.807, 2.05) is 30.3 Å². The Morgan fingerprint density at radius 1 is 0.590 bits per heavy atom. The average molecular weight is 930 g/mol. The summed E-state index contributed by atoms with van der Waals surface area (Å²) in [5, 5.41) is 11.4. The minimum atomic E-state index is -1.33. The first-order chi connectivity index (χ1) is 29.4. The SMILES string of the molecule is BrCc1nc2cc(CCc3ccccc3)ccc2s1.NC(=O)c1c(F)ccc(O)c1F.NC(=O)c1c(F)ccc(OCc2nc3cc(CCc4ccccc4)ccc3s2)c1F. The highest BCUT2D eigenvalue weighted by Crippen LogP contribution is 2.28. The first-order valence-electron chi connectivity index (χ1n) is 18.7. The molecule has 0 fully saturated rings. The lowest BCUT2D eigenvalue weighted by Gasteiger charge is -2.08. The molecule has 15 heteroatoms. The Kier molecular flexibility index (Phi) is 15.2. The van der Waals surface area contributed by atoms with Crippen LogP contribution in [0.5, 0.6) is 11.5 Å². The number of benzene rings is 6. The maximum atomic E-state index is 14.3. The zero-order chi connectivity index (χ0) is 43.5. The van der Waals surface area contributed by atoms with Crippen LogP contribution >= 0.6 is 38.6 Å². The molecule has 0 unspecified atom stereocenters. The molecule has 0 bridgehead atoms. The Morgan fingerprint density at radius 2 is 1.05 bits per heavy atom. The third-order valence-electron chi connectivity index (χ3n) is 9.17. The lowest BCUT2D eigenvalue weighted by molar-refractivity contribution is 0.0982. The number of aromatic hydroxyl groups is 1. The number of hydrogen-bond acceptors (Lipinski definition) is 8. The molecule has 312 valence electrons. The maximum Gasteiger partial charge on any atom is 0.254 e. The van der Waals surface area contributed by atoms with E-state index >= 15 is 0 Å². The smallest absolute Gasteiger partial charge is 0.254 e. The number of rotatable bonds is 12. The van der Waals surface area contributed by atoms with Gasteiger partial charge in [-0.1, -0.05) is 88.7 Å².